The lowest BCUT2D eigenvalue weighted by Crippen LogP contribution is -2.15. The van der Waals surface area contributed by atoms with E-state index < -0.39 is 6.43 Å². The largest absolute Gasteiger partial charge is 0.491 e. The van der Waals surface area contributed by atoms with E-state index in [9.17, 15) is 8.78 Å². The van der Waals surface area contributed by atoms with Gasteiger partial charge >= 0.3 is 0 Å². The van der Waals surface area contributed by atoms with Crippen LogP contribution in [-0.2, 0) is 0 Å². The van der Waals surface area contributed by atoms with E-state index in [0.717, 1.165) is 13.0 Å². The Kier molecular flexibility index (Phi) is 4.31. The number of fused-ring (bicyclic) bond motifs is 1. The summed E-state index contributed by atoms with van der Waals surface area (Å²) in [5.41, 5.74) is 1.03. The maximum absolute atomic E-state index is 12.6. The quantitative estimate of drug-likeness (QED) is 0.820. The third-order valence-corrected chi connectivity index (χ3v) is 2.71. The Bertz CT molecular complexity index is 540. The first kappa shape index (κ1) is 13.7. The third kappa shape index (κ3) is 3.41. The Labute approximate surface area is 110 Å². The molecule has 0 saturated heterocycles. The second-order valence-electron chi connectivity index (χ2n) is 4.58. The van der Waals surface area contributed by atoms with E-state index in [1.807, 2.05) is 14.1 Å². The van der Waals surface area contributed by atoms with Gasteiger partial charge in [0.15, 0.2) is 5.82 Å². The number of halogens is 2. The summed E-state index contributed by atoms with van der Waals surface area (Å²) in [6.45, 7) is 1.45. The highest BCUT2D eigenvalue weighted by Crippen LogP contribution is 2.26. The Morgan fingerprint density at radius 2 is 2.16 bits per heavy atom. The number of aromatic nitrogens is 2. The van der Waals surface area contributed by atoms with Crippen molar-refractivity contribution in [2.45, 2.75) is 12.8 Å². The summed E-state index contributed by atoms with van der Waals surface area (Å²) in [6.07, 6.45) is -1.73. The summed E-state index contributed by atoms with van der Waals surface area (Å²) in [5.74, 6) is 0.221. The van der Waals surface area contributed by atoms with Gasteiger partial charge in [0.25, 0.3) is 6.43 Å². The molecule has 0 radical (unpaired) electrons. The summed E-state index contributed by atoms with van der Waals surface area (Å²) in [5, 5.41) is 0. The minimum atomic E-state index is -2.60. The van der Waals surface area contributed by atoms with E-state index in [-0.39, 0.29) is 5.82 Å². The van der Waals surface area contributed by atoms with Gasteiger partial charge in [0.05, 0.1) is 12.1 Å². The van der Waals surface area contributed by atoms with Gasteiger partial charge in [-0.2, -0.15) is 0 Å². The van der Waals surface area contributed by atoms with Gasteiger partial charge in [-0.1, -0.05) is 6.07 Å². The number of rotatable bonds is 6. The second kappa shape index (κ2) is 5.97. The fourth-order valence-corrected chi connectivity index (χ4v) is 1.81. The molecule has 2 rings (SSSR count). The number of nitrogens with zero attached hydrogens (tertiary/aromatic N) is 2. The van der Waals surface area contributed by atoms with Gasteiger partial charge in [0, 0.05) is 6.54 Å². The number of benzene rings is 1. The average molecular weight is 269 g/mol. The summed E-state index contributed by atoms with van der Waals surface area (Å²) in [7, 11) is 3.98. The molecule has 0 unspecified atom stereocenters. The summed E-state index contributed by atoms with van der Waals surface area (Å²) < 4.78 is 30.8. The molecule has 0 amide bonds. The third-order valence-electron chi connectivity index (χ3n) is 2.71. The highest BCUT2D eigenvalue weighted by molar-refractivity contribution is 5.81. The van der Waals surface area contributed by atoms with E-state index in [1.165, 1.54) is 0 Å². The van der Waals surface area contributed by atoms with Gasteiger partial charge in [-0.15, -0.1) is 0 Å². The molecule has 1 aromatic carbocycles. The average Bonchev–Trinajstić information content (AvgIpc) is 2.79. The molecule has 1 aromatic heterocycles. The van der Waals surface area contributed by atoms with Crippen LogP contribution < -0.4 is 4.74 Å². The zero-order valence-corrected chi connectivity index (χ0v) is 11.0. The SMILES string of the molecule is CN(C)CCCOc1cccc2[nH]c(C(F)F)nc12. The molecule has 0 bridgehead atoms. The molecule has 2 aromatic rings. The van der Waals surface area contributed by atoms with Gasteiger partial charge in [0.1, 0.15) is 11.3 Å². The van der Waals surface area contributed by atoms with Crippen molar-refractivity contribution >= 4 is 11.0 Å². The van der Waals surface area contributed by atoms with Crippen molar-refractivity contribution in [2.24, 2.45) is 0 Å². The van der Waals surface area contributed by atoms with Crippen LogP contribution in [0.25, 0.3) is 11.0 Å². The molecular weight excluding hydrogens is 252 g/mol. The Balaban J connectivity index is 2.10. The first-order valence-corrected chi connectivity index (χ1v) is 6.12. The molecule has 4 nitrogen and oxygen atoms in total. The Morgan fingerprint density at radius 3 is 2.84 bits per heavy atom. The summed E-state index contributed by atoms with van der Waals surface area (Å²) >= 11 is 0. The van der Waals surface area contributed by atoms with Crippen LogP contribution in [0.3, 0.4) is 0 Å². The van der Waals surface area contributed by atoms with Crippen LogP contribution in [0.2, 0.25) is 0 Å². The van der Waals surface area contributed by atoms with Gasteiger partial charge in [-0.05, 0) is 32.6 Å². The van der Waals surface area contributed by atoms with E-state index in [1.54, 1.807) is 18.2 Å². The van der Waals surface area contributed by atoms with Crippen LogP contribution in [0.1, 0.15) is 18.7 Å². The highest BCUT2D eigenvalue weighted by Gasteiger charge is 2.14. The standard InChI is InChI=1S/C13H17F2N3O/c1-18(2)7-4-8-19-10-6-3-5-9-11(10)17-13(16-9)12(14)15/h3,5-6,12H,4,7-8H2,1-2H3,(H,16,17). The molecule has 1 N–H and O–H groups in total. The van der Waals surface area contributed by atoms with Crippen LogP contribution >= 0.6 is 0 Å². The maximum Gasteiger partial charge on any atom is 0.295 e. The van der Waals surface area contributed by atoms with Crippen LogP contribution in [0, 0.1) is 0 Å². The topological polar surface area (TPSA) is 41.1 Å². The summed E-state index contributed by atoms with van der Waals surface area (Å²) in [6, 6.07) is 5.21. The number of imidazole rings is 1. The number of nitrogens with one attached hydrogen (secondary N) is 1. The lowest BCUT2D eigenvalue weighted by Gasteiger charge is -2.10. The minimum Gasteiger partial charge on any atom is -0.491 e. The molecular formula is C13H17F2N3O. The zero-order valence-electron chi connectivity index (χ0n) is 11.0. The van der Waals surface area contributed by atoms with Crippen molar-refractivity contribution in [3.63, 3.8) is 0 Å². The number of aromatic amines is 1. The van der Waals surface area contributed by atoms with E-state index in [2.05, 4.69) is 14.9 Å². The number of hydrogen-bond acceptors (Lipinski definition) is 3. The zero-order chi connectivity index (χ0) is 13.8. The normalized spacial score (nSPS) is 11.7. The molecule has 0 atom stereocenters. The number of ether oxygens (including phenoxy) is 1. The smallest absolute Gasteiger partial charge is 0.295 e. The Morgan fingerprint density at radius 1 is 1.37 bits per heavy atom. The van der Waals surface area contributed by atoms with Crippen LogP contribution in [0.4, 0.5) is 8.78 Å². The molecule has 6 heteroatoms. The number of hydrogen-bond donors (Lipinski definition) is 1. The molecule has 0 aliphatic carbocycles. The molecule has 1 heterocycles. The minimum absolute atomic E-state index is 0.320. The van der Waals surface area contributed by atoms with Crippen molar-refractivity contribution in [2.75, 3.05) is 27.2 Å². The molecule has 104 valence electrons. The van der Waals surface area contributed by atoms with Gasteiger partial charge in [-0.3, -0.25) is 0 Å². The number of H-pyrrole nitrogens is 1. The second-order valence-corrected chi connectivity index (χ2v) is 4.58. The van der Waals surface area contributed by atoms with Crippen LogP contribution in [0.5, 0.6) is 5.75 Å². The first-order chi connectivity index (χ1) is 9.08. The van der Waals surface area contributed by atoms with Crippen molar-refractivity contribution in [3.05, 3.63) is 24.0 Å². The van der Waals surface area contributed by atoms with Crippen LogP contribution in [0.15, 0.2) is 18.2 Å². The first-order valence-electron chi connectivity index (χ1n) is 6.12. The number of alkyl halides is 2. The van der Waals surface area contributed by atoms with Gasteiger partial charge in [0.2, 0.25) is 0 Å². The highest BCUT2D eigenvalue weighted by atomic mass is 19.3. The lowest BCUT2D eigenvalue weighted by atomic mass is 10.3. The maximum atomic E-state index is 12.6. The van der Waals surface area contributed by atoms with Gasteiger partial charge < -0.3 is 14.6 Å². The van der Waals surface area contributed by atoms with Crippen molar-refractivity contribution < 1.29 is 13.5 Å². The van der Waals surface area contributed by atoms with E-state index in [4.69, 9.17) is 4.74 Å². The predicted molar refractivity (Wildman–Crippen MR) is 69.7 cm³/mol. The predicted octanol–water partition coefficient (Wildman–Crippen LogP) is 2.83. The van der Waals surface area contributed by atoms with Crippen LogP contribution in [-0.4, -0.2) is 42.1 Å². The summed E-state index contributed by atoms with van der Waals surface area (Å²) in [4.78, 5) is 8.54. The fourth-order valence-electron chi connectivity index (χ4n) is 1.81. The van der Waals surface area contributed by atoms with E-state index >= 15 is 0 Å². The van der Waals surface area contributed by atoms with Crippen molar-refractivity contribution in [3.8, 4) is 5.75 Å². The Hall–Kier alpha value is -1.69. The molecule has 0 aliphatic heterocycles. The van der Waals surface area contributed by atoms with Crippen molar-refractivity contribution in [1.29, 1.82) is 0 Å². The van der Waals surface area contributed by atoms with Crippen molar-refractivity contribution in [1.82, 2.24) is 14.9 Å². The lowest BCUT2D eigenvalue weighted by molar-refractivity contribution is 0.142. The monoisotopic (exact) mass is 269 g/mol. The van der Waals surface area contributed by atoms with Gasteiger partial charge in [-0.25, -0.2) is 13.8 Å². The molecule has 0 saturated carbocycles. The molecule has 0 fully saturated rings. The molecule has 0 aliphatic rings. The number of para-hydroxylation sites is 1. The fraction of sp³-hybridized carbons (Fsp3) is 0.462. The van der Waals surface area contributed by atoms with E-state index in [0.29, 0.717) is 23.4 Å². The molecule has 0 spiro atoms. The molecule has 19 heavy (non-hydrogen) atoms.